The maximum absolute atomic E-state index is 11.1. The van der Waals surface area contributed by atoms with Gasteiger partial charge in [-0.1, -0.05) is 6.42 Å². The van der Waals surface area contributed by atoms with Crippen LogP contribution in [-0.4, -0.2) is 30.4 Å². The number of carbonyl (C=O) groups excluding carboxylic acids is 1. The van der Waals surface area contributed by atoms with Gasteiger partial charge in [0.25, 0.3) is 5.91 Å². The summed E-state index contributed by atoms with van der Waals surface area (Å²) >= 11 is 0. The molecular weight excluding hydrogens is 178 g/mol. The van der Waals surface area contributed by atoms with Gasteiger partial charge in [-0.3, -0.25) is 15.1 Å². The van der Waals surface area contributed by atoms with Crippen LogP contribution < -0.4 is 11.3 Å². The summed E-state index contributed by atoms with van der Waals surface area (Å²) in [6.45, 7) is 0.998. The normalized spacial score (nSPS) is 24.3. The molecule has 4 nitrogen and oxygen atoms in total. The summed E-state index contributed by atoms with van der Waals surface area (Å²) in [7, 11) is 1.96. The fourth-order valence-corrected chi connectivity index (χ4v) is 1.50. The summed E-state index contributed by atoms with van der Waals surface area (Å²) in [5.74, 6) is 4.98. The lowest BCUT2D eigenvalue weighted by Crippen LogP contribution is -2.49. The van der Waals surface area contributed by atoms with E-state index in [-0.39, 0.29) is 24.4 Å². The van der Waals surface area contributed by atoms with Crippen molar-refractivity contribution in [1.29, 1.82) is 0 Å². The maximum Gasteiger partial charge on any atom is 0.251 e. The molecule has 72 valence electrons. The highest BCUT2D eigenvalue weighted by Crippen LogP contribution is 2.14. The minimum Gasteiger partial charge on any atom is -0.295 e. The van der Waals surface area contributed by atoms with Crippen LogP contribution in [0, 0.1) is 0 Å². The third-order valence-electron chi connectivity index (χ3n) is 2.22. The molecule has 1 aliphatic rings. The summed E-state index contributed by atoms with van der Waals surface area (Å²) in [4.78, 5) is 13.1. The Labute approximate surface area is 78.9 Å². The first-order valence-corrected chi connectivity index (χ1v) is 3.96. The highest BCUT2D eigenvalue weighted by Gasteiger charge is 2.24. The first-order valence-electron chi connectivity index (χ1n) is 3.96. The number of nitrogens with zero attached hydrogens (tertiary/aromatic N) is 1. The Morgan fingerprint density at radius 1 is 1.58 bits per heavy atom. The smallest absolute Gasteiger partial charge is 0.251 e. The minimum atomic E-state index is -0.0628. The number of piperidine rings is 1. The van der Waals surface area contributed by atoms with Gasteiger partial charge in [0.15, 0.2) is 0 Å². The number of hydrogen-bond donors (Lipinski definition) is 2. The molecule has 0 aromatic rings. The van der Waals surface area contributed by atoms with Crippen molar-refractivity contribution in [3.63, 3.8) is 0 Å². The van der Waals surface area contributed by atoms with E-state index in [2.05, 4.69) is 5.43 Å². The molecular formula is C7H16ClN3O. The quantitative estimate of drug-likeness (QED) is 0.347. The number of likely N-dealkylation sites (N-methyl/N-ethyl adjacent to an activating group) is 1. The number of carbonyl (C=O) groups is 1. The Hall–Kier alpha value is -0.320. The molecule has 0 radical (unpaired) electrons. The van der Waals surface area contributed by atoms with Crippen molar-refractivity contribution in [2.24, 2.45) is 5.84 Å². The van der Waals surface area contributed by atoms with E-state index < -0.39 is 0 Å². The molecule has 12 heavy (non-hydrogen) atoms. The fourth-order valence-electron chi connectivity index (χ4n) is 1.50. The van der Waals surface area contributed by atoms with Gasteiger partial charge < -0.3 is 0 Å². The number of likely N-dealkylation sites (tertiary alicyclic amines) is 1. The first-order chi connectivity index (χ1) is 5.25. The molecule has 0 aliphatic carbocycles. The van der Waals surface area contributed by atoms with Crippen molar-refractivity contribution in [2.45, 2.75) is 25.3 Å². The zero-order valence-corrected chi connectivity index (χ0v) is 8.06. The van der Waals surface area contributed by atoms with Crippen molar-refractivity contribution in [2.75, 3.05) is 13.6 Å². The lowest BCUT2D eigenvalue weighted by Gasteiger charge is -2.30. The second-order valence-electron chi connectivity index (χ2n) is 3.00. The van der Waals surface area contributed by atoms with Crippen LogP contribution >= 0.6 is 12.4 Å². The van der Waals surface area contributed by atoms with Gasteiger partial charge in [-0.2, -0.15) is 0 Å². The Morgan fingerprint density at radius 2 is 2.25 bits per heavy atom. The Bertz CT molecular complexity index is 154. The number of nitrogens with one attached hydrogen (secondary N) is 1. The van der Waals surface area contributed by atoms with Crippen LogP contribution in [-0.2, 0) is 4.79 Å². The van der Waals surface area contributed by atoms with Gasteiger partial charge in [0.05, 0.1) is 6.04 Å². The van der Waals surface area contributed by atoms with Gasteiger partial charge in [-0.25, -0.2) is 5.84 Å². The largest absolute Gasteiger partial charge is 0.295 e. The molecule has 3 N–H and O–H groups in total. The molecule has 1 saturated heterocycles. The predicted molar refractivity (Wildman–Crippen MR) is 49.8 cm³/mol. The number of rotatable bonds is 1. The van der Waals surface area contributed by atoms with E-state index in [0.29, 0.717) is 0 Å². The van der Waals surface area contributed by atoms with Gasteiger partial charge in [-0.15, -0.1) is 12.4 Å². The van der Waals surface area contributed by atoms with Crippen LogP contribution in [0.15, 0.2) is 0 Å². The third-order valence-corrected chi connectivity index (χ3v) is 2.22. The van der Waals surface area contributed by atoms with Gasteiger partial charge in [0, 0.05) is 0 Å². The summed E-state index contributed by atoms with van der Waals surface area (Å²) in [5, 5.41) is 0. The predicted octanol–water partition coefficient (Wildman–Crippen LogP) is -0.118. The summed E-state index contributed by atoms with van der Waals surface area (Å²) in [6, 6.07) is -0.00579. The van der Waals surface area contributed by atoms with Crippen molar-refractivity contribution in [3.05, 3.63) is 0 Å². The minimum absolute atomic E-state index is 0. The van der Waals surface area contributed by atoms with Crippen LogP contribution in [0.2, 0.25) is 0 Å². The summed E-state index contributed by atoms with van der Waals surface area (Å²) < 4.78 is 0. The second-order valence-corrected chi connectivity index (χ2v) is 3.00. The van der Waals surface area contributed by atoms with Crippen LogP contribution in [0.4, 0.5) is 0 Å². The van der Waals surface area contributed by atoms with E-state index >= 15 is 0 Å². The van der Waals surface area contributed by atoms with E-state index in [1.807, 2.05) is 11.9 Å². The molecule has 0 aromatic carbocycles. The van der Waals surface area contributed by atoms with Crippen molar-refractivity contribution < 1.29 is 4.79 Å². The fraction of sp³-hybridized carbons (Fsp3) is 0.857. The topological polar surface area (TPSA) is 58.4 Å². The molecule has 1 fully saturated rings. The monoisotopic (exact) mass is 193 g/mol. The molecule has 1 atom stereocenters. The molecule has 0 aromatic heterocycles. The number of halogens is 1. The molecule has 0 saturated carbocycles. The highest BCUT2D eigenvalue weighted by molar-refractivity contribution is 5.85. The standard InChI is InChI=1S/C7H15N3O.ClH/c1-10-5-3-2-4-6(10)7(11)9-8;/h6H,2-5,8H2,1H3,(H,9,11);1H. The SMILES string of the molecule is CN1CCCCC1C(=O)NN.Cl. The Balaban J connectivity index is 0.00000121. The van der Waals surface area contributed by atoms with Crippen LogP contribution in [0.1, 0.15) is 19.3 Å². The van der Waals surface area contributed by atoms with Crippen LogP contribution in [0.5, 0.6) is 0 Å². The lowest BCUT2D eigenvalue weighted by atomic mass is 10.0. The van der Waals surface area contributed by atoms with E-state index in [1.54, 1.807) is 0 Å². The summed E-state index contributed by atoms with van der Waals surface area (Å²) in [6.07, 6.45) is 3.24. The molecule has 1 rings (SSSR count). The Morgan fingerprint density at radius 3 is 2.75 bits per heavy atom. The molecule has 1 heterocycles. The zero-order valence-electron chi connectivity index (χ0n) is 7.25. The van der Waals surface area contributed by atoms with Crippen molar-refractivity contribution >= 4 is 18.3 Å². The van der Waals surface area contributed by atoms with Crippen LogP contribution in [0.25, 0.3) is 0 Å². The number of amides is 1. The molecule has 0 bridgehead atoms. The lowest BCUT2D eigenvalue weighted by molar-refractivity contribution is -0.127. The number of hydrogen-bond acceptors (Lipinski definition) is 3. The van der Waals surface area contributed by atoms with E-state index in [4.69, 9.17) is 5.84 Å². The molecule has 5 heteroatoms. The second kappa shape index (κ2) is 5.35. The third kappa shape index (κ3) is 2.62. The van der Waals surface area contributed by atoms with E-state index in [1.165, 1.54) is 6.42 Å². The number of nitrogens with two attached hydrogens (primary N) is 1. The van der Waals surface area contributed by atoms with Gasteiger partial charge in [0.2, 0.25) is 0 Å². The van der Waals surface area contributed by atoms with Gasteiger partial charge >= 0.3 is 0 Å². The average Bonchev–Trinajstić information content (AvgIpc) is 2.04. The van der Waals surface area contributed by atoms with E-state index in [9.17, 15) is 4.79 Å². The van der Waals surface area contributed by atoms with Crippen molar-refractivity contribution in [1.82, 2.24) is 10.3 Å². The van der Waals surface area contributed by atoms with Crippen molar-refractivity contribution in [3.8, 4) is 0 Å². The summed E-state index contributed by atoms with van der Waals surface area (Å²) in [5.41, 5.74) is 2.18. The molecule has 0 spiro atoms. The van der Waals surface area contributed by atoms with Gasteiger partial charge in [0.1, 0.15) is 0 Å². The van der Waals surface area contributed by atoms with Gasteiger partial charge in [-0.05, 0) is 26.4 Å². The van der Waals surface area contributed by atoms with Crippen LogP contribution in [0.3, 0.4) is 0 Å². The average molecular weight is 194 g/mol. The molecule has 1 amide bonds. The molecule has 1 aliphatic heterocycles. The first kappa shape index (κ1) is 11.7. The Kier molecular flexibility index (Phi) is 5.20. The highest BCUT2D eigenvalue weighted by atomic mass is 35.5. The van der Waals surface area contributed by atoms with E-state index in [0.717, 1.165) is 19.4 Å². The maximum atomic E-state index is 11.1. The molecule has 1 unspecified atom stereocenters. The number of hydrazine groups is 1. The zero-order chi connectivity index (χ0) is 8.27.